The monoisotopic (exact) mass is 302 g/mol. The first kappa shape index (κ1) is 14.0. The first-order valence-corrected chi connectivity index (χ1v) is 7.17. The predicted octanol–water partition coefficient (Wildman–Crippen LogP) is 3.59. The standard InChI is InChI=1S/C16H15ClN2O2/c17-15-9-13(19(20)21)6-5-12(15)10-16(18)8-7-11-3-1-2-4-14(11)16/h1-6,9H,7-8,10,18H2. The van der Waals surface area contributed by atoms with Gasteiger partial charge in [0.1, 0.15) is 0 Å². The Kier molecular flexibility index (Phi) is 3.43. The van der Waals surface area contributed by atoms with Crippen molar-refractivity contribution in [1.29, 1.82) is 0 Å². The average molecular weight is 303 g/mol. The van der Waals surface area contributed by atoms with Gasteiger partial charge >= 0.3 is 0 Å². The second kappa shape index (κ2) is 5.13. The molecule has 0 aromatic heterocycles. The summed E-state index contributed by atoms with van der Waals surface area (Å²) in [6.07, 6.45) is 2.40. The molecule has 4 nitrogen and oxygen atoms in total. The molecule has 5 heteroatoms. The molecule has 1 unspecified atom stereocenters. The first-order valence-electron chi connectivity index (χ1n) is 6.80. The van der Waals surface area contributed by atoms with Gasteiger partial charge in [0.05, 0.1) is 9.95 Å². The summed E-state index contributed by atoms with van der Waals surface area (Å²) in [6, 6.07) is 12.7. The molecule has 3 rings (SSSR count). The van der Waals surface area contributed by atoms with Crippen LogP contribution < -0.4 is 5.73 Å². The molecule has 1 atom stereocenters. The zero-order chi connectivity index (χ0) is 15.0. The van der Waals surface area contributed by atoms with Gasteiger partial charge in [0, 0.05) is 17.7 Å². The Labute approximate surface area is 127 Å². The van der Waals surface area contributed by atoms with E-state index in [0.717, 1.165) is 24.0 Å². The van der Waals surface area contributed by atoms with Gasteiger partial charge in [-0.1, -0.05) is 41.9 Å². The minimum Gasteiger partial charge on any atom is -0.321 e. The third-order valence-corrected chi connectivity index (χ3v) is 4.50. The van der Waals surface area contributed by atoms with E-state index in [1.807, 2.05) is 12.1 Å². The summed E-state index contributed by atoms with van der Waals surface area (Å²) in [7, 11) is 0. The van der Waals surface area contributed by atoms with E-state index >= 15 is 0 Å². The van der Waals surface area contributed by atoms with Gasteiger partial charge < -0.3 is 5.73 Å². The Morgan fingerprint density at radius 2 is 2.05 bits per heavy atom. The number of nitrogens with two attached hydrogens (primary N) is 1. The van der Waals surface area contributed by atoms with Crippen LogP contribution in [0.5, 0.6) is 0 Å². The number of halogens is 1. The van der Waals surface area contributed by atoms with Crippen molar-refractivity contribution in [2.24, 2.45) is 5.73 Å². The molecule has 0 amide bonds. The number of rotatable bonds is 3. The van der Waals surface area contributed by atoms with Crippen molar-refractivity contribution in [2.75, 3.05) is 0 Å². The summed E-state index contributed by atoms with van der Waals surface area (Å²) in [5.41, 5.74) is 9.41. The molecule has 21 heavy (non-hydrogen) atoms. The van der Waals surface area contributed by atoms with E-state index < -0.39 is 10.5 Å². The van der Waals surface area contributed by atoms with E-state index in [0.29, 0.717) is 11.4 Å². The average Bonchev–Trinajstić information content (AvgIpc) is 2.79. The third-order valence-electron chi connectivity index (χ3n) is 4.15. The molecule has 2 aromatic rings. The topological polar surface area (TPSA) is 69.2 Å². The fourth-order valence-corrected chi connectivity index (χ4v) is 3.27. The van der Waals surface area contributed by atoms with Gasteiger partial charge in [0.2, 0.25) is 0 Å². The molecular formula is C16H15ClN2O2. The van der Waals surface area contributed by atoms with Crippen LogP contribution in [-0.2, 0) is 18.4 Å². The maximum atomic E-state index is 10.8. The van der Waals surface area contributed by atoms with Crippen molar-refractivity contribution in [3.8, 4) is 0 Å². The lowest BCUT2D eigenvalue weighted by molar-refractivity contribution is -0.384. The number of non-ortho nitro benzene ring substituents is 1. The summed E-state index contributed by atoms with van der Waals surface area (Å²) < 4.78 is 0. The number of hydrogen-bond acceptors (Lipinski definition) is 3. The molecule has 0 radical (unpaired) electrons. The maximum Gasteiger partial charge on any atom is 0.270 e. The number of nitrogens with zero attached hydrogens (tertiary/aromatic N) is 1. The summed E-state index contributed by atoms with van der Waals surface area (Å²) in [5, 5.41) is 11.2. The summed E-state index contributed by atoms with van der Waals surface area (Å²) in [6.45, 7) is 0. The number of nitro benzene ring substituents is 1. The Morgan fingerprint density at radius 3 is 2.76 bits per heavy atom. The number of fused-ring (bicyclic) bond motifs is 1. The van der Waals surface area contributed by atoms with Crippen molar-refractivity contribution in [3.63, 3.8) is 0 Å². The molecule has 108 valence electrons. The van der Waals surface area contributed by atoms with Crippen molar-refractivity contribution in [1.82, 2.24) is 0 Å². The molecule has 2 aromatic carbocycles. The van der Waals surface area contributed by atoms with Crippen LogP contribution in [0, 0.1) is 10.1 Å². The summed E-state index contributed by atoms with van der Waals surface area (Å²) >= 11 is 6.18. The quantitative estimate of drug-likeness (QED) is 0.696. The van der Waals surface area contributed by atoms with Crippen LogP contribution in [-0.4, -0.2) is 4.92 Å². The zero-order valence-corrected chi connectivity index (χ0v) is 12.1. The Balaban J connectivity index is 1.93. The molecule has 0 saturated heterocycles. The van der Waals surface area contributed by atoms with Crippen LogP contribution in [0.4, 0.5) is 5.69 Å². The number of hydrogen-bond donors (Lipinski definition) is 1. The molecule has 0 spiro atoms. The van der Waals surface area contributed by atoms with Crippen LogP contribution >= 0.6 is 11.6 Å². The third kappa shape index (κ3) is 2.52. The van der Waals surface area contributed by atoms with Gasteiger partial charge in [-0.05, 0) is 36.0 Å². The molecule has 0 aliphatic heterocycles. The van der Waals surface area contributed by atoms with E-state index in [4.69, 9.17) is 17.3 Å². The lowest BCUT2D eigenvalue weighted by Crippen LogP contribution is -2.36. The van der Waals surface area contributed by atoms with Gasteiger partial charge in [-0.3, -0.25) is 10.1 Å². The van der Waals surface area contributed by atoms with Crippen molar-refractivity contribution >= 4 is 17.3 Å². The molecule has 0 bridgehead atoms. The van der Waals surface area contributed by atoms with E-state index in [1.54, 1.807) is 6.07 Å². The Morgan fingerprint density at radius 1 is 1.29 bits per heavy atom. The van der Waals surface area contributed by atoms with Gasteiger partial charge in [-0.25, -0.2) is 0 Å². The van der Waals surface area contributed by atoms with Crippen molar-refractivity contribution in [2.45, 2.75) is 24.8 Å². The highest BCUT2D eigenvalue weighted by atomic mass is 35.5. The van der Waals surface area contributed by atoms with Crippen molar-refractivity contribution < 1.29 is 4.92 Å². The molecule has 0 saturated carbocycles. The Bertz CT molecular complexity index is 717. The minimum absolute atomic E-state index is 0.00152. The lowest BCUT2D eigenvalue weighted by Gasteiger charge is -2.26. The second-order valence-electron chi connectivity index (χ2n) is 5.52. The first-order chi connectivity index (χ1) is 9.99. The van der Waals surface area contributed by atoms with E-state index in [9.17, 15) is 10.1 Å². The van der Waals surface area contributed by atoms with Crippen LogP contribution in [0.2, 0.25) is 5.02 Å². The highest BCUT2D eigenvalue weighted by Gasteiger charge is 2.35. The smallest absolute Gasteiger partial charge is 0.270 e. The molecule has 0 heterocycles. The number of benzene rings is 2. The highest BCUT2D eigenvalue weighted by molar-refractivity contribution is 6.31. The number of aryl methyl sites for hydroxylation is 1. The van der Waals surface area contributed by atoms with Gasteiger partial charge in [0.25, 0.3) is 5.69 Å². The SMILES string of the molecule is NC1(Cc2ccc([N+](=O)[O-])cc2Cl)CCc2ccccc21. The largest absolute Gasteiger partial charge is 0.321 e. The van der Waals surface area contributed by atoms with Crippen LogP contribution in [0.3, 0.4) is 0 Å². The normalized spacial score (nSPS) is 20.3. The van der Waals surface area contributed by atoms with Crippen LogP contribution in [0.15, 0.2) is 42.5 Å². The second-order valence-corrected chi connectivity index (χ2v) is 5.93. The van der Waals surface area contributed by atoms with Gasteiger partial charge in [0.15, 0.2) is 0 Å². The molecule has 2 N–H and O–H groups in total. The van der Waals surface area contributed by atoms with Crippen LogP contribution in [0.25, 0.3) is 0 Å². The molecular weight excluding hydrogens is 288 g/mol. The molecule has 1 aliphatic carbocycles. The summed E-state index contributed by atoms with van der Waals surface area (Å²) in [5.74, 6) is 0. The molecule has 0 fully saturated rings. The Hall–Kier alpha value is -1.91. The van der Waals surface area contributed by atoms with E-state index in [2.05, 4.69) is 12.1 Å². The van der Waals surface area contributed by atoms with Crippen molar-refractivity contribution in [3.05, 3.63) is 74.3 Å². The van der Waals surface area contributed by atoms with Gasteiger partial charge in [-0.2, -0.15) is 0 Å². The highest BCUT2D eigenvalue weighted by Crippen LogP contribution is 2.38. The van der Waals surface area contributed by atoms with E-state index in [-0.39, 0.29) is 5.69 Å². The fourth-order valence-electron chi connectivity index (χ4n) is 3.03. The molecule has 1 aliphatic rings. The predicted molar refractivity (Wildman–Crippen MR) is 82.4 cm³/mol. The summed E-state index contributed by atoms with van der Waals surface area (Å²) in [4.78, 5) is 10.3. The lowest BCUT2D eigenvalue weighted by atomic mass is 9.86. The zero-order valence-electron chi connectivity index (χ0n) is 11.4. The van der Waals surface area contributed by atoms with Gasteiger partial charge in [-0.15, -0.1) is 0 Å². The minimum atomic E-state index is -0.448. The number of nitro groups is 1. The maximum absolute atomic E-state index is 10.8. The van der Waals surface area contributed by atoms with E-state index in [1.165, 1.54) is 17.7 Å². The fraction of sp³-hybridized carbons (Fsp3) is 0.250. The van der Waals surface area contributed by atoms with Crippen LogP contribution in [0.1, 0.15) is 23.1 Å².